The lowest BCUT2D eigenvalue weighted by atomic mass is 10.1. The number of phenols is 1. The van der Waals surface area contributed by atoms with Crippen molar-refractivity contribution in [1.82, 2.24) is 4.57 Å². The standard InChI is InChI=1S/C18H15Cl2NO3/c1-10-3-6-15-12(17(10)22)8-16(18(23)24-2)21(15)9-11-4-5-13(19)14(20)7-11/h3-8,22H,9H2,1-2H3. The van der Waals surface area contributed by atoms with Crippen LogP contribution in [0.4, 0.5) is 0 Å². The van der Waals surface area contributed by atoms with Crippen molar-refractivity contribution in [3.05, 3.63) is 63.3 Å². The summed E-state index contributed by atoms with van der Waals surface area (Å²) in [6.07, 6.45) is 0. The molecule has 0 radical (unpaired) electrons. The van der Waals surface area contributed by atoms with Crippen LogP contribution in [0.15, 0.2) is 36.4 Å². The summed E-state index contributed by atoms with van der Waals surface area (Å²) in [5.41, 5.74) is 2.72. The third-order valence-corrected chi connectivity index (χ3v) is 4.72. The predicted octanol–water partition coefficient (Wildman–Crippen LogP) is 4.80. The molecule has 0 bridgehead atoms. The van der Waals surface area contributed by atoms with E-state index in [1.165, 1.54) is 7.11 Å². The summed E-state index contributed by atoms with van der Waals surface area (Å²) in [7, 11) is 1.33. The number of rotatable bonds is 3. The zero-order chi connectivity index (χ0) is 17.4. The highest BCUT2D eigenvalue weighted by Crippen LogP contribution is 2.32. The number of esters is 1. The van der Waals surface area contributed by atoms with Crippen LogP contribution < -0.4 is 0 Å². The van der Waals surface area contributed by atoms with Crippen LogP contribution in [0.25, 0.3) is 10.9 Å². The molecule has 24 heavy (non-hydrogen) atoms. The zero-order valence-electron chi connectivity index (χ0n) is 13.1. The number of phenolic OH excluding ortho intramolecular Hbond substituents is 1. The second-order valence-corrected chi connectivity index (χ2v) is 6.33. The van der Waals surface area contributed by atoms with Crippen LogP contribution >= 0.6 is 23.2 Å². The fourth-order valence-corrected chi connectivity index (χ4v) is 3.01. The lowest BCUT2D eigenvalue weighted by molar-refractivity contribution is 0.0589. The first-order valence-electron chi connectivity index (χ1n) is 7.26. The van der Waals surface area contributed by atoms with Crippen LogP contribution in [0.1, 0.15) is 21.6 Å². The lowest BCUT2D eigenvalue weighted by Gasteiger charge is -2.11. The quantitative estimate of drug-likeness (QED) is 0.680. The van der Waals surface area contributed by atoms with Crippen molar-refractivity contribution in [3.8, 4) is 5.75 Å². The largest absolute Gasteiger partial charge is 0.507 e. The number of ether oxygens (including phenoxy) is 1. The Hall–Kier alpha value is -2.17. The van der Waals surface area contributed by atoms with Gasteiger partial charge in [-0.2, -0.15) is 0 Å². The van der Waals surface area contributed by atoms with Crippen LogP contribution in [-0.4, -0.2) is 22.8 Å². The van der Waals surface area contributed by atoms with E-state index in [9.17, 15) is 9.90 Å². The molecule has 0 aliphatic heterocycles. The van der Waals surface area contributed by atoms with Crippen LogP contribution in [0.2, 0.25) is 10.0 Å². The van der Waals surface area contributed by atoms with Crippen LogP contribution in [0.3, 0.4) is 0 Å². The van der Waals surface area contributed by atoms with Crippen molar-refractivity contribution >= 4 is 40.1 Å². The molecule has 3 rings (SSSR count). The molecular formula is C18H15Cl2NO3. The van der Waals surface area contributed by atoms with Crippen molar-refractivity contribution in [3.63, 3.8) is 0 Å². The highest BCUT2D eigenvalue weighted by atomic mass is 35.5. The number of carbonyl (C=O) groups is 1. The highest BCUT2D eigenvalue weighted by Gasteiger charge is 2.19. The van der Waals surface area contributed by atoms with Gasteiger partial charge in [-0.3, -0.25) is 0 Å². The van der Waals surface area contributed by atoms with Crippen molar-refractivity contribution in [2.45, 2.75) is 13.5 Å². The van der Waals surface area contributed by atoms with Crippen molar-refractivity contribution < 1.29 is 14.6 Å². The van der Waals surface area contributed by atoms with Crippen LogP contribution in [0, 0.1) is 6.92 Å². The second kappa shape index (κ2) is 6.38. The Kier molecular flexibility index (Phi) is 4.43. The van der Waals surface area contributed by atoms with Gasteiger partial charge in [0.15, 0.2) is 0 Å². The van der Waals surface area contributed by atoms with Crippen molar-refractivity contribution in [1.29, 1.82) is 0 Å². The number of nitrogens with zero attached hydrogens (tertiary/aromatic N) is 1. The number of aromatic nitrogens is 1. The van der Waals surface area contributed by atoms with Crippen molar-refractivity contribution in [2.75, 3.05) is 7.11 Å². The Morgan fingerprint density at radius 3 is 2.58 bits per heavy atom. The van der Waals surface area contributed by atoms with Crippen LogP contribution in [-0.2, 0) is 11.3 Å². The number of halogens is 2. The minimum Gasteiger partial charge on any atom is -0.507 e. The Morgan fingerprint density at radius 2 is 1.92 bits per heavy atom. The molecule has 0 fully saturated rings. The molecule has 0 aliphatic rings. The Labute approximate surface area is 149 Å². The minimum atomic E-state index is -0.469. The van der Waals surface area contributed by atoms with E-state index in [1.54, 1.807) is 22.8 Å². The van der Waals surface area contributed by atoms with E-state index in [2.05, 4.69) is 0 Å². The Bertz CT molecular complexity index is 947. The van der Waals surface area contributed by atoms with Gasteiger partial charge in [0.2, 0.25) is 0 Å². The maximum atomic E-state index is 12.1. The molecule has 1 aromatic heterocycles. The number of carbonyl (C=O) groups excluding carboxylic acids is 1. The highest BCUT2D eigenvalue weighted by molar-refractivity contribution is 6.42. The van der Waals surface area contributed by atoms with E-state index in [-0.39, 0.29) is 5.75 Å². The molecule has 3 aromatic rings. The van der Waals surface area contributed by atoms with Gasteiger partial charge >= 0.3 is 5.97 Å². The molecule has 0 amide bonds. The molecule has 4 nitrogen and oxygen atoms in total. The van der Waals surface area contributed by atoms with E-state index in [1.807, 2.05) is 25.1 Å². The second-order valence-electron chi connectivity index (χ2n) is 5.52. The van der Waals surface area contributed by atoms with E-state index in [0.717, 1.165) is 16.6 Å². The molecule has 0 atom stereocenters. The molecule has 0 unspecified atom stereocenters. The van der Waals surface area contributed by atoms with Gasteiger partial charge in [-0.25, -0.2) is 4.79 Å². The van der Waals surface area contributed by atoms with Gasteiger partial charge in [-0.1, -0.05) is 35.3 Å². The summed E-state index contributed by atoms with van der Waals surface area (Å²) < 4.78 is 6.66. The fraction of sp³-hybridized carbons (Fsp3) is 0.167. The van der Waals surface area contributed by atoms with Crippen molar-refractivity contribution in [2.24, 2.45) is 0 Å². The molecule has 0 saturated carbocycles. The smallest absolute Gasteiger partial charge is 0.354 e. The first-order valence-corrected chi connectivity index (χ1v) is 8.02. The molecule has 6 heteroatoms. The number of hydrogen-bond acceptors (Lipinski definition) is 3. The van der Waals surface area contributed by atoms with Crippen LogP contribution in [0.5, 0.6) is 5.75 Å². The lowest BCUT2D eigenvalue weighted by Crippen LogP contribution is -2.11. The monoisotopic (exact) mass is 363 g/mol. The summed E-state index contributed by atoms with van der Waals surface area (Å²) in [6.45, 7) is 2.20. The van der Waals surface area contributed by atoms with Gasteiger partial charge in [0.1, 0.15) is 11.4 Å². The number of benzene rings is 2. The van der Waals surface area contributed by atoms with Gasteiger partial charge < -0.3 is 14.4 Å². The third kappa shape index (κ3) is 2.83. The van der Waals surface area contributed by atoms with E-state index in [0.29, 0.717) is 27.7 Å². The molecule has 0 spiro atoms. The summed E-state index contributed by atoms with van der Waals surface area (Å²) in [5.74, 6) is -0.311. The topological polar surface area (TPSA) is 51.5 Å². The molecule has 1 N–H and O–H groups in total. The summed E-state index contributed by atoms with van der Waals surface area (Å²) in [5, 5.41) is 11.8. The maximum absolute atomic E-state index is 12.1. The van der Waals surface area contributed by atoms with E-state index in [4.69, 9.17) is 27.9 Å². The zero-order valence-corrected chi connectivity index (χ0v) is 14.6. The minimum absolute atomic E-state index is 0.158. The first kappa shape index (κ1) is 16.7. The summed E-state index contributed by atoms with van der Waals surface area (Å²) in [4.78, 5) is 12.1. The molecular weight excluding hydrogens is 349 g/mol. The number of methoxy groups -OCH3 is 1. The molecule has 1 heterocycles. The Morgan fingerprint density at radius 1 is 1.17 bits per heavy atom. The maximum Gasteiger partial charge on any atom is 0.354 e. The Balaban J connectivity index is 2.18. The average molecular weight is 364 g/mol. The number of aromatic hydroxyl groups is 1. The predicted molar refractivity (Wildman–Crippen MR) is 95.2 cm³/mol. The SMILES string of the molecule is COC(=O)c1cc2c(O)c(C)ccc2n1Cc1ccc(Cl)c(Cl)c1. The number of fused-ring (bicyclic) bond motifs is 1. The normalized spacial score (nSPS) is 11.0. The molecule has 0 saturated heterocycles. The molecule has 0 aliphatic carbocycles. The average Bonchev–Trinajstić information content (AvgIpc) is 2.93. The van der Waals surface area contributed by atoms with E-state index >= 15 is 0 Å². The van der Waals surface area contributed by atoms with E-state index < -0.39 is 5.97 Å². The van der Waals surface area contributed by atoms with Gasteiger partial charge in [-0.05, 0) is 42.3 Å². The van der Waals surface area contributed by atoms with Gasteiger partial charge in [0.25, 0.3) is 0 Å². The number of hydrogen-bond donors (Lipinski definition) is 1. The number of aryl methyl sites for hydroxylation is 1. The van der Waals surface area contributed by atoms with Gasteiger partial charge in [-0.15, -0.1) is 0 Å². The molecule has 2 aromatic carbocycles. The third-order valence-electron chi connectivity index (χ3n) is 3.98. The fourth-order valence-electron chi connectivity index (χ4n) is 2.69. The summed E-state index contributed by atoms with van der Waals surface area (Å²) in [6, 6.07) is 10.6. The first-order chi connectivity index (χ1) is 11.4. The van der Waals surface area contributed by atoms with Gasteiger partial charge in [0.05, 0.1) is 22.7 Å². The van der Waals surface area contributed by atoms with Gasteiger partial charge in [0, 0.05) is 11.9 Å². The summed E-state index contributed by atoms with van der Waals surface area (Å²) >= 11 is 12.0. The molecule has 124 valence electrons.